The average Bonchev–Trinajstić information content (AvgIpc) is 2.91. The van der Waals surface area contributed by atoms with Crippen molar-refractivity contribution in [3.63, 3.8) is 0 Å². The molecule has 2 atom stereocenters. The van der Waals surface area contributed by atoms with Gasteiger partial charge in [0.25, 0.3) is 0 Å². The van der Waals surface area contributed by atoms with Crippen molar-refractivity contribution in [3.05, 3.63) is 29.0 Å². The number of hydrogen-bond acceptors (Lipinski definition) is 2. The summed E-state index contributed by atoms with van der Waals surface area (Å²) < 4.78 is 2.30. The maximum Gasteiger partial charge on any atom is 0.113 e. The predicted molar refractivity (Wildman–Crippen MR) is 75.0 cm³/mol. The molecule has 2 unspecified atom stereocenters. The summed E-state index contributed by atoms with van der Waals surface area (Å²) in [5, 5.41) is 0.748. The molecule has 0 saturated heterocycles. The molecule has 1 heterocycles. The number of benzene rings is 1. The standard InChI is InChI=1S/C14H18ClN3/c1-2-18-13-6-4-10(15)8-12(13)17-14(18)9-3-5-11(16)7-9/h4,6,8-9,11H,2-3,5,7,16H2,1H3. The first-order chi connectivity index (χ1) is 8.69. The van der Waals surface area contributed by atoms with Crippen molar-refractivity contribution in [1.29, 1.82) is 0 Å². The Hall–Kier alpha value is -1.06. The summed E-state index contributed by atoms with van der Waals surface area (Å²) in [5.41, 5.74) is 8.19. The number of aromatic nitrogens is 2. The highest BCUT2D eigenvalue weighted by Gasteiger charge is 2.27. The van der Waals surface area contributed by atoms with E-state index in [4.69, 9.17) is 22.3 Å². The first kappa shape index (κ1) is 12.0. The third-order valence-electron chi connectivity index (χ3n) is 3.89. The summed E-state index contributed by atoms with van der Waals surface area (Å²) in [5.74, 6) is 1.69. The fourth-order valence-electron chi connectivity index (χ4n) is 3.02. The molecule has 1 aliphatic rings. The molecule has 0 aliphatic heterocycles. The normalized spacial score (nSPS) is 23.9. The average molecular weight is 264 g/mol. The Balaban J connectivity index is 2.10. The number of aryl methyl sites for hydroxylation is 1. The van der Waals surface area contributed by atoms with Gasteiger partial charge in [0.2, 0.25) is 0 Å². The Labute approximate surface area is 112 Å². The summed E-state index contributed by atoms with van der Waals surface area (Å²) in [4.78, 5) is 4.78. The van der Waals surface area contributed by atoms with Crippen molar-refractivity contribution >= 4 is 22.6 Å². The van der Waals surface area contributed by atoms with Gasteiger partial charge in [-0.05, 0) is 44.4 Å². The minimum atomic E-state index is 0.337. The molecule has 3 rings (SSSR count). The Morgan fingerprint density at radius 1 is 1.44 bits per heavy atom. The van der Waals surface area contributed by atoms with Gasteiger partial charge in [-0.15, -0.1) is 0 Å². The molecule has 1 saturated carbocycles. The number of fused-ring (bicyclic) bond motifs is 1. The summed E-state index contributed by atoms with van der Waals surface area (Å²) in [6, 6.07) is 6.28. The minimum Gasteiger partial charge on any atom is -0.328 e. The topological polar surface area (TPSA) is 43.8 Å². The first-order valence-corrected chi connectivity index (χ1v) is 6.98. The van der Waals surface area contributed by atoms with Crippen LogP contribution >= 0.6 is 11.6 Å². The molecule has 96 valence electrons. The van der Waals surface area contributed by atoms with Gasteiger partial charge < -0.3 is 10.3 Å². The first-order valence-electron chi connectivity index (χ1n) is 6.60. The number of hydrogen-bond donors (Lipinski definition) is 1. The van der Waals surface area contributed by atoms with Crippen LogP contribution in [0, 0.1) is 0 Å². The zero-order chi connectivity index (χ0) is 12.7. The van der Waals surface area contributed by atoms with E-state index in [-0.39, 0.29) is 0 Å². The molecule has 18 heavy (non-hydrogen) atoms. The highest BCUT2D eigenvalue weighted by Crippen LogP contribution is 2.35. The Morgan fingerprint density at radius 2 is 2.28 bits per heavy atom. The van der Waals surface area contributed by atoms with Crippen molar-refractivity contribution in [1.82, 2.24) is 9.55 Å². The molecule has 0 spiro atoms. The van der Waals surface area contributed by atoms with Crippen LogP contribution in [0.3, 0.4) is 0 Å². The SMILES string of the molecule is CCn1c(C2CCC(N)C2)nc2cc(Cl)ccc21. The van der Waals surface area contributed by atoms with Crippen LogP contribution < -0.4 is 5.73 Å². The van der Waals surface area contributed by atoms with Gasteiger partial charge >= 0.3 is 0 Å². The molecule has 0 amide bonds. The zero-order valence-corrected chi connectivity index (χ0v) is 11.3. The van der Waals surface area contributed by atoms with E-state index in [0.717, 1.165) is 36.3 Å². The molecule has 1 aliphatic carbocycles. The monoisotopic (exact) mass is 263 g/mol. The van der Waals surface area contributed by atoms with Crippen molar-refractivity contribution in [3.8, 4) is 0 Å². The van der Waals surface area contributed by atoms with E-state index in [1.165, 1.54) is 11.3 Å². The fourth-order valence-corrected chi connectivity index (χ4v) is 3.18. The van der Waals surface area contributed by atoms with Crippen LogP contribution in [-0.4, -0.2) is 15.6 Å². The lowest BCUT2D eigenvalue weighted by molar-refractivity contribution is 0.598. The molecular formula is C14H18ClN3. The smallest absolute Gasteiger partial charge is 0.113 e. The fraction of sp³-hybridized carbons (Fsp3) is 0.500. The lowest BCUT2D eigenvalue weighted by Crippen LogP contribution is -2.15. The van der Waals surface area contributed by atoms with E-state index >= 15 is 0 Å². The third-order valence-corrected chi connectivity index (χ3v) is 4.13. The molecule has 1 aromatic heterocycles. The van der Waals surface area contributed by atoms with Crippen molar-refractivity contribution in [2.45, 2.75) is 44.7 Å². The van der Waals surface area contributed by atoms with E-state index < -0.39 is 0 Å². The van der Waals surface area contributed by atoms with Crippen LogP contribution in [0.5, 0.6) is 0 Å². The Kier molecular flexibility index (Phi) is 3.04. The van der Waals surface area contributed by atoms with Gasteiger partial charge in [0.15, 0.2) is 0 Å². The highest BCUT2D eigenvalue weighted by atomic mass is 35.5. The van der Waals surface area contributed by atoms with E-state index in [1.54, 1.807) is 0 Å². The number of halogens is 1. The van der Waals surface area contributed by atoms with Gasteiger partial charge in [-0.3, -0.25) is 0 Å². The summed E-state index contributed by atoms with van der Waals surface area (Å²) in [6.45, 7) is 3.10. The molecule has 1 aromatic carbocycles. The van der Waals surface area contributed by atoms with Crippen molar-refractivity contribution < 1.29 is 0 Å². The number of rotatable bonds is 2. The van der Waals surface area contributed by atoms with Gasteiger partial charge in [0.1, 0.15) is 5.82 Å². The summed E-state index contributed by atoms with van der Waals surface area (Å²) in [6.07, 6.45) is 3.31. The van der Waals surface area contributed by atoms with Crippen LogP contribution in [0.25, 0.3) is 11.0 Å². The van der Waals surface area contributed by atoms with E-state index in [2.05, 4.69) is 17.6 Å². The molecule has 3 nitrogen and oxygen atoms in total. The zero-order valence-electron chi connectivity index (χ0n) is 10.6. The van der Waals surface area contributed by atoms with E-state index in [1.807, 2.05) is 12.1 Å². The Morgan fingerprint density at radius 3 is 2.94 bits per heavy atom. The second-order valence-corrected chi connectivity index (χ2v) is 5.55. The van der Waals surface area contributed by atoms with Crippen LogP contribution in [0.15, 0.2) is 18.2 Å². The summed E-state index contributed by atoms with van der Waals surface area (Å²) in [7, 11) is 0. The largest absolute Gasteiger partial charge is 0.328 e. The lowest BCUT2D eigenvalue weighted by atomic mass is 10.1. The maximum atomic E-state index is 6.04. The molecule has 4 heteroatoms. The van der Waals surface area contributed by atoms with Crippen LogP contribution in [0.1, 0.15) is 37.9 Å². The van der Waals surface area contributed by atoms with Crippen molar-refractivity contribution in [2.75, 3.05) is 0 Å². The molecule has 0 radical (unpaired) electrons. The Bertz CT molecular complexity index is 576. The van der Waals surface area contributed by atoms with Gasteiger partial charge in [-0.25, -0.2) is 4.98 Å². The van der Waals surface area contributed by atoms with Gasteiger partial charge in [0, 0.05) is 23.5 Å². The molecule has 2 aromatic rings. The lowest BCUT2D eigenvalue weighted by Gasteiger charge is -2.11. The maximum absolute atomic E-state index is 6.04. The second-order valence-electron chi connectivity index (χ2n) is 5.12. The molecule has 2 N–H and O–H groups in total. The second kappa shape index (κ2) is 4.56. The number of nitrogens with two attached hydrogens (primary N) is 1. The third kappa shape index (κ3) is 1.91. The van der Waals surface area contributed by atoms with Crippen LogP contribution in [-0.2, 0) is 6.54 Å². The molecule has 0 bridgehead atoms. The minimum absolute atomic E-state index is 0.337. The number of imidazole rings is 1. The number of nitrogens with zero attached hydrogens (tertiary/aromatic N) is 2. The predicted octanol–water partition coefficient (Wildman–Crippen LogP) is 3.30. The van der Waals surface area contributed by atoms with Crippen LogP contribution in [0.4, 0.5) is 0 Å². The van der Waals surface area contributed by atoms with E-state index in [0.29, 0.717) is 12.0 Å². The highest BCUT2D eigenvalue weighted by molar-refractivity contribution is 6.31. The van der Waals surface area contributed by atoms with E-state index in [9.17, 15) is 0 Å². The molecule has 1 fully saturated rings. The molecular weight excluding hydrogens is 246 g/mol. The van der Waals surface area contributed by atoms with Crippen LogP contribution in [0.2, 0.25) is 5.02 Å². The van der Waals surface area contributed by atoms with Gasteiger partial charge in [-0.2, -0.15) is 0 Å². The van der Waals surface area contributed by atoms with Gasteiger partial charge in [0.05, 0.1) is 11.0 Å². The van der Waals surface area contributed by atoms with Crippen molar-refractivity contribution in [2.24, 2.45) is 5.73 Å². The van der Waals surface area contributed by atoms with Gasteiger partial charge in [-0.1, -0.05) is 11.6 Å². The summed E-state index contributed by atoms with van der Waals surface area (Å²) >= 11 is 6.04. The quantitative estimate of drug-likeness (QED) is 0.903.